The quantitative estimate of drug-likeness (QED) is 0.250. The Bertz CT molecular complexity index is 1560. The molecule has 2 N–H and O–H groups in total. The maximum Gasteiger partial charge on any atom is 0.331 e. The molecule has 0 aliphatic heterocycles. The van der Waals surface area contributed by atoms with E-state index in [-0.39, 0.29) is 19.0 Å². The summed E-state index contributed by atoms with van der Waals surface area (Å²) in [6, 6.07) is 23.6. The molecule has 0 saturated heterocycles. The lowest BCUT2D eigenvalue weighted by Crippen LogP contribution is -2.41. The molecule has 0 bridgehead atoms. The molecular weight excluding hydrogens is 508 g/mol. The molecule has 208 valence electrons. The Morgan fingerprint density at radius 2 is 1.55 bits per heavy atom. The fourth-order valence-electron chi connectivity index (χ4n) is 4.50. The van der Waals surface area contributed by atoms with E-state index in [1.54, 1.807) is 48.5 Å². The standard InChI is InChI=1S/C31H34N4O5/c1-2-40-25-17-15-24(16-18-25)33-29(37)22-35-27-13-7-6-12-26(27)30(38)34(31(35)39)21-9-8-14-28(36)32-20-19-23-10-4-3-5-11-23/h3-7,10-13,15-18H,2,8-9,14,19-22H2,1H3,(H,32,36)(H,33,37). The van der Waals surface area contributed by atoms with Crippen molar-refractivity contribution in [2.75, 3.05) is 18.5 Å². The van der Waals surface area contributed by atoms with Gasteiger partial charge in [0.25, 0.3) is 5.56 Å². The summed E-state index contributed by atoms with van der Waals surface area (Å²) in [6.45, 7) is 2.88. The largest absolute Gasteiger partial charge is 0.494 e. The molecule has 0 aliphatic rings. The minimum Gasteiger partial charge on any atom is -0.494 e. The SMILES string of the molecule is CCOc1ccc(NC(=O)Cn2c(=O)n(CCCCC(=O)NCCc3ccccc3)c(=O)c3ccccc32)cc1. The van der Waals surface area contributed by atoms with Gasteiger partial charge in [0.05, 0.1) is 17.5 Å². The summed E-state index contributed by atoms with van der Waals surface area (Å²) in [4.78, 5) is 51.6. The van der Waals surface area contributed by atoms with Crippen LogP contribution in [0.5, 0.6) is 5.75 Å². The minimum absolute atomic E-state index is 0.0647. The number of nitrogens with one attached hydrogen (secondary N) is 2. The van der Waals surface area contributed by atoms with Gasteiger partial charge in [0.1, 0.15) is 12.3 Å². The third-order valence-corrected chi connectivity index (χ3v) is 6.50. The van der Waals surface area contributed by atoms with E-state index in [0.29, 0.717) is 54.8 Å². The molecule has 1 aromatic heterocycles. The van der Waals surface area contributed by atoms with Crippen molar-refractivity contribution < 1.29 is 14.3 Å². The summed E-state index contributed by atoms with van der Waals surface area (Å²) in [5, 5.41) is 6.06. The number of aromatic nitrogens is 2. The first-order chi connectivity index (χ1) is 19.5. The fourth-order valence-corrected chi connectivity index (χ4v) is 4.50. The molecule has 0 radical (unpaired) electrons. The van der Waals surface area contributed by atoms with E-state index in [4.69, 9.17) is 4.74 Å². The number of anilines is 1. The first-order valence-electron chi connectivity index (χ1n) is 13.5. The second-order valence-corrected chi connectivity index (χ2v) is 9.39. The van der Waals surface area contributed by atoms with E-state index in [9.17, 15) is 19.2 Å². The van der Waals surface area contributed by atoms with Crippen LogP contribution in [-0.2, 0) is 29.1 Å². The van der Waals surface area contributed by atoms with Gasteiger partial charge in [-0.1, -0.05) is 42.5 Å². The van der Waals surface area contributed by atoms with Gasteiger partial charge in [0.2, 0.25) is 11.8 Å². The van der Waals surface area contributed by atoms with Crippen LogP contribution in [0.2, 0.25) is 0 Å². The van der Waals surface area contributed by atoms with Crippen LogP contribution in [0.25, 0.3) is 10.9 Å². The Balaban J connectivity index is 1.38. The molecule has 4 rings (SSSR count). The van der Waals surface area contributed by atoms with E-state index in [1.807, 2.05) is 37.3 Å². The predicted molar refractivity (Wildman–Crippen MR) is 156 cm³/mol. The number of carbonyl (C=O) groups is 2. The second-order valence-electron chi connectivity index (χ2n) is 9.39. The Kier molecular flexibility index (Phi) is 9.88. The van der Waals surface area contributed by atoms with Crippen molar-refractivity contribution in [3.8, 4) is 5.75 Å². The Labute approximate surface area is 232 Å². The number of rotatable bonds is 13. The molecule has 2 amide bonds. The molecular formula is C31H34N4O5. The predicted octanol–water partition coefficient (Wildman–Crippen LogP) is 3.73. The third-order valence-electron chi connectivity index (χ3n) is 6.50. The summed E-state index contributed by atoms with van der Waals surface area (Å²) in [5.74, 6) is 0.235. The number of nitrogens with zero attached hydrogens (tertiary/aromatic N) is 2. The monoisotopic (exact) mass is 542 g/mol. The Morgan fingerprint density at radius 3 is 2.30 bits per heavy atom. The number of amides is 2. The lowest BCUT2D eigenvalue weighted by molar-refractivity contribution is -0.121. The zero-order chi connectivity index (χ0) is 28.3. The van der Waals surface area contributed by atoms with E-state index < -0.39 is 17.2 Å². The van der Waals surface area contributed by atoms with Crippen LogP contribution in [-0.4, -0.2) is 34.1 Å². The van der Waals surface area contributed by atoms with E-state index >= 15 is 0 Å². The number of hydrogen-bond acceptors (Lipinski definition) is 5. The summed E-state index contributed by atoms with van der Waals surface area (Å²) >= 11 is 0. The summed E-state index contributed by atoms with van der Waals surface area (Å²) in [5.41, 5.74) is 1.16. The van der Waals surface area contributed by atoms with Gasteiger partial charge in [-0.3, -0.25) is 23.5 Å². The van der Waals surface area contributed by atoms with Gasteiger partial charge in [-0.25, -0.2) is 4.79 Å². The van der Waals surface area contributed by atoms with Gasteiger partial charge in [0, 0.05) is 25.2 Å². The van der Waals surface area contributed by atoms with Crippen LogP contribution in [0.3, 0.4) is 0 Å². The average Bonchev–Trinajstić information content (AvgIpc) is 2.96. The van der Waals surface area contributed by atoms with Gasteiger partial charge in [-0.15, -0.1) is 0 Å². The van der Waals surface area contributed by atoms with Crippen LogP contribution in [0.1, 0.15) is 31.7 Å². The molecule has 0 aliphatic carbocycles. The van der Waals surface area contributed by atoms with Crippen molar-refractivity contribution >= 4 is 28.4 Å². The molecule has 0 fully saturated rings. The summed E-state index contributed by atoms with van der Waals surface area (Å²) in [7, 11) is 0. The van der Waals surface area contributed by atoms with Crippen LogP contribution >= 0.6 is 0 Å². The second kappa shape index (κ2) is 13.9. The van der Waals surface area contributed by atoms with Gasteiger partial charge in [-0.2, -0.15) is 0 Å². The lowest BCUT2D eigenvalue weighted by Gasteiger charge is -2.14. The highest BCUT2D eigenvalue weighted by atomic mass is 16.5. The third kappa shape index (κ3) is 7.47. The summed E-state index contributed by atoms with van der Waals surface area (Å²) in [6.07, 6.45) is 2.05. The molecule has 4 aromatic rings. The highest BCUT2D eigenvalue weighted by Crippen LogP contribution is 2.16. The molecule has 0 unspecified atom stereocenters. The first-order valence-corrected chi connectivity index (χ1v) is 13.5. The zero-order valence-corrected chi connectivity index (χ0v) is 22.6. The molecule has 0 atom stereocenters. The fraction of sp³-hybridized carbons (Fsp3) is 0.290. The minimum atomic E-state index is -0.558. The number of hydrogen-bond donors (Lipinski definition) is 2. The normalized spacial score (nSPS) is 10.8. The molecule has 3 aromatic carbocycles. The van der Waals surface area contributed by atoms with Gasteiger partial charge < -0.3 is 15.4 Å². The Hall–Kier alpha value is -4.66. The molecule has 9 nitrogen and oxygen atoms in total. The van der Waals surface area contributed by atoms with Crippen LogP contribution in [0.4, 0.5) is 5.69 Å². The zero-order valence-electron chi connectivity index (χ0n) is 22.6. The number of benzene rings is 3. The number of fused-ring (bicyclic) bond motifs is 1. The summed E-state index contributed by atoms with van der Waals surface area (Å²) < 4.78 is 7.89. The maximum absolute atomic E-state index is 13.4. The number of carbonyl (C=O) groups excluding carboxylic acids is 2. The van der Waals surface area contributed by atoms with Crippen LogP contribution in [0, 0.1) is 0 Å². The van der Waals surface area contributed by atoms with Gasteiger partial charge in [-0.05, 0) is 68.1 Å². The Morgan fingerprint density at radius 1 is 0.825 bits per heavy atom. The molecule has 40 heavy (non-hydrogen) atoms. The smallest absolute Gasteiger partial charge is 0.331 e. The van der Waals surface area contributed by atoms with Crippen molar-refractivity contribution in [1.29, 1.82) is 0 Å². The van der Waals surface area contributed by atoms with Crippen molar-refractivity contribution in [3.63, 3.8) is 0 Å². The average molecular weight is 543 g/mol. The van der Waals surface area contributed by atoms with E-state index in [1.165, 1.54) is 4.57 Å². The van der Waals surface area contributed by atoms with E-state index in [0.717, 1.165) is 16.6 Å². The molecule has 0 saturated carbocycles. The topological polar surface area (TPSA) is 111 Å². The highest BCUT2D eigenvalue weighted by molar-refractivity contribution is 5.91. The van der Waals surface area contributed by atoms with Crippen molar-refractivity contribution in [1.82, 2.24) is 14.5 Å². The number of ether oxygens (including phenoxy) is 1. The molecule has 9 heteroatoms. The lowest BCUT2D eigenvalue weighted by atomic mass is 10.1. The van der Waals surface area contributed by atoms with Crippen molar-refractivity contribution in [2.45, 2.75) is 45.7 Å². The molecule has 0 spiro atoms. The van der Waals surface area contributed by atoms with Gasteiger partial charge >= 0.3 is 5.69 Å². The van der Waals surface area contributed by atoms with Crippen molar-refractivity contribution in [2.24, 2.45) is 0 Å². The van der Waals surface area contributed by atoms with Crippen LogP contribution < -0.4 is 26.6 Å². The van der Waals surface area contributed by atoms with Gasteiger partial charge in [0.15, 0.2) is 0 Å². The van der Waals surface area contributed by atoms with Crippen LogP contribution in [0.15, 0.2) is 88.5 Å². The van der Waals surface area contributed by atoms with Crippen molar-refractivity contribution in [3.05, 3.63) is 105 Å². The maximum atomic E-state index is 13.4. The molecule has 1 heterocycles. The number of unbranched alkanes of at least 4 members (excludes halogenated alkanes) is 1. The highest BCUT2D eigenvalue weighted by Gasteiger charge is 2.15. The number of para-hydroxylation sites is 1. The van der Waals surface area contributed by atoms with E-state index in [2.05, 4.69) is 10.6 Å². The first kappa shape index (κ1) is 28.4.